The van der Waals surface area contributed by atoms with Gasteiger partial charge in [-0.2, -0.15) is 0 Å². The summed E-state index contributed by atoms with van der Waals surface area (Å²) in [7, 11) is 1.75. The lowest BCUT2D eigenvalue weighted by Gasteiger charge is -2.18. The molecular weight excluding hydrogens is 304 g/mol. The van der Waals surface area contributed by atoms with Crippen molar-refractivity contribution >= 4 is 23.3 Å². The van der Waals surface area contributed by atoms with E-state index < -0.39 is 0 Å². The van der Waals surface area contributed by atoms with Gasteiger partial charge in [-0.05, 0) is 13.0 Å². The molecule has 2 aromatic heterocycles. The Bertz CT molecular complexity index is 669. The predicted molar refractivity (Wildman–Crippen MR) is 85.1 cm³/mol. The minimum atomic E-state index is -0.222. The van der Waals surface area contributed by atoms with E-state index >= 15 is 0 Å². The summed E-state index contributed by atoms with van der Waals surface area (Å²) >= 11 is 5.72. The van der Waals surface area contributed by atoms with E-state index in [2.05, 4.69) is 31.1 Å². The highest BCUT2D eigenvalue weighted by Gasteiger charge is 2.24. The Hall–Kier alpha value is -1.82. The van der Waals surface area contributed by atoms with E-state index in [1.807, 2.05) is 13.0 Å². The van der Waals surface area contributed by atoms with Gasteiger partial charge < -0.3 is 4.42 Å². The van der Waals surface area contributed by atoms with E-state index in [1.165, 1.54) is 4.90 Å². The van der Waals surface area contributed by atoms with Crippen molar-refractivity contribution < 1.29 is 9.21 Å². The van der Waals surface area contributed by atoms with Crippen molar-refractivity contribution in [3.05, 3.63) is 29.3 Å². The molecule has 0 N–H and O–H groups in total. The number of hydrogen-bond acceptors (Lipinski definition) is 4. The maximum atomic E-state index is 12.1. The number of halogens is 1. The second-order valence-electron chi connectivity index (χ2n) is 6.31. The van der Waals surface area contributed by atoms with E-state index in [9.17, 15) is 4.79 Å². The van der Waals surface area contributed by atoms with Crippen molar-refractivity contribution in [1.82, 2.24) is 15.0 Å². The number of anilines is 1. The summed E-state index contributed by atoms with van der Waals surface area (Å²) in [6, 6.07) is 1.99. The summed E-state index contributed by atoms with van der Waals surface area (Å²) in [5.41, 5.74) is 0.853. The Balaban J connectivity index is 2.32. The third kappa shape index (κ3) is 3.50. The first-order valence-corrected chi connectivity index (χ1v) is 7.58. The lowest BCUT2D eigenvalue weighted by Crippen LogP contribution is -2.31. The summed E-state index contributed by atoms with van der Waals surface area (Å²) in [6.07, 6.45) is 1.69. The molecule has 0 aromatic carbocycles. The molecule has 22 heavy (non-hydrogen) atoms. The first-order chi connectivity index (χ1) is 10.2. The van der Waals surface area contributed by atoms with Crippen LogP contribution in [0.3, 0.4) is 0 Å². The van der Waals surface area contributed by atoms with Crippen LogP contribution < -0.4 is 4.90 Å². The van der Waals surface area contributed by atoms with Crippen molar-refractivity contribution in [2.45, 2.75) is 39.7 Å². The van der Waals surface area contributed by atoms with Gasteiger partial charge in [0.25, 0.3) is 0 Å². The fraction of sp³-hybridized carbons (Fsp3) is 0.533. The number of carbonyl (C=O) groups excluding carboxylic acids is 1. The Labute approximate surface area is 135 Å². The van der Waals surface area contributed by atoms with Gasteiger partial charge in [0.1, 0.15) is 17.4 Å². The standard InChI is InChI=1S/C15H21ClN4O2/c1-10-11(6-12(22-10)15(2,3)4)8-20(14(21)7-16)13-9-19(5)18-17-13/h6,9H,7-8H2,1-5H3. The maximum absolute atomic E-state index is 12.1. The van der Waals surface area contributed by atoms with Crippen LogP contribution in [0, 0.1) is 6.92 Å². The van der Waals surface area contributed by atoms with Crippen molar-refractivity contribution in [3.8, 4) is 0 Å². The third-order valence-corrected chi connectivity index (χ3v) is 3.60. The largest absolute Gasteiger partial charge is 0.465 e. The third-order valence-electron chi connectivity index (χ3n) is 3.37. The summed E-state index contributed by atoms with van der Waals surface area (Å²) < 4.78 is 7.37. The molecule has 120 valence electrons. The average Bonchev–Trinajstić information content (AvgIpc) is 3.01. The fourth-order valence-electron chi connectivity index (χ4n) is 2.04. The molecule has 6 nitrogen and oxygen atoms in total. The van der Waals surface area contributed by atoms with Crippen molar-refractivity contribution in [1.29, 1.82) is 0 Å². The second-order valence-corrected chi connectivity index (χ2v) is 6.57. The van der Waals surface area contributed by atoms with Crippen molar-refractivity contribution in [3.63, 3.8) is 0 Å². The van der Waals surface area contributed by atoms with Crippen molar-refractivity contribution in [2.24, 2.45) is 7.05 Å². The van der Waals surface area contributed by atoms with E-state index in [0.717, 1.165) is 17.1 Å². The van der Waals surface area contributed by atoms with E-state index in [1.54, 1.807) is 17.9 Å². The number of alkyl halides is 1. The second kappa shape index (κ2) is 6.12. The molecule has 0 radical (unpaired) electrons. The van der Waals surface area contributed by atoms with Crippen LogP contribution in [0.4, 0.5) is 5.82 Å². The van der Waals surface area contributed by atoms with Crippen LogP contribution in [0.1, 0.15) is 37.9 Å². The summed E-state index contributed by atoms with van der Waals surface area (Å²) in [5.74, 6) is 1.82. The molecule has 2 aromatic rings. The zero-order valence-corrected chi connectivity index (χ0v) is 14.3. The van der Waals surface area contributed by atoms with Gasteiger partial charge in [0.15, 0.2) is 5.82 Å². The minimum absolute atomic E-state index is 0.0864. The molecule has 0 aliphatic carbocycles. The predicted octanol–water partition coefficient (Wildman–Crippen LogP) is 2.79. The first kappa shape index (κ1) is 16.5. The molecule has 1 amide bonds. The smallest absolute Gasteiger partial charge is 0.243 e. The highest BCUT2D eigenvalue weighted by Crippen LogP contribution is 2.28. The lowest BCUT2D eigenvalue weighted by atomic mass is 9.93. The number of furan rings is 1. The van der Waals surface area contributed by atoms with Crippen LogP contribution in [-0.2, 0) is 23.8 Å². The minimum Gasteiger partial charge on any atom is -0.465 e. The van der Waals surface area contributed by atoms with Gasteiger partial charge in [0.2, 0.25) is 5.91 Å². The molecule has 0 fully saturated rings. The fourth-order valence-corrected chi connectivity index (χ4v) is 2.19. The number of nitrogens with zero attached hydrogens (tertiary/aromatic N) is 4. The van der Waals surface area contributed by atoms with Gasteiger partial charge in [-0.3, -0.25) is 14.4 Å². The number of rotatable bonds is 4. The molecule has 0 saturated heterocycles. The molecule has 0 spiro atoms. The molecular formula is C15H21ClN4O2. The SMILES string of the molecule is Cc1oc(C(C)(C)C)cc1CN(C(=O)CCl)c1cn(C)nn1. The first-order valence-electron chi connectivity index (χ1n) is 7.05. The van der Waals surface area contributed by atoms with E-state index in [0.29, 0.717) is 12.4 Å². The van der Waals surface area contributed by atoms with Gasteiger partial charge in [-0.25, -0.2) is 0 Å². The van der Waals surface area contributed by atoms with Crippen LogP contribution >= 0.6 is 11.6 Å². The van der Waals surface area contributed by atoms with Gasteiger partial charge in [-0.15, -0.1) is 16.7 Å². The van der Waals surface area contributed by atoms with Crippen LogP contribution in [0.15, 0.2) is 16.7 Å². The number of aromatic nitrogens is 3. The molecule has 0 saturated carbocycles. The zero-order chi connectivity index (χ0) is 16.5. The normalized spacial score (nSPS) is 11.7. The molecule has 2 rings (SSSR count). The average molecular weight is 325 g/mol. The van der Waals surface area contributed by atoms with Gasteiger partial charge in [-0.1, -0.05) is 26.0 Å². The summed E-state index contributed by atoms with van der Waals surface area (Å²) in [6.45, 7) is 8.50. The molecule has 7 heteroatoms. The van der Waals surface area contributed by atoms with Crippen molar-refractivity contribution in [2.75, 3.05) is 10.8 Å². The molecule has 0 unspecified atom stereocenters. The quantitative estimate of drug-likeness (QED) is 0.811. The van der Waals surface area contributed by atoms with E-state index in [-0.39, 0.29) is 17.2 Å². The van der Waals surface area contributed by atoms with Gasteiger partial charge in [0.05, 0.1) is 12.7 Å². The maximum Gasteiger partial charge on any atom is 0.243 e. The monoisotopic (exact) mass is 324 g/mol. The summed E-state index contributed by atoms with van der Waals surface area (Å²) in [4.78, 5) is 13.6. The van der Waals surface area contributed by atoms with Crippen LogP contribution in [0.25, 0.3) is 0 Å². The molecule has 0 atom stereocenters. The van der Waals surface area contributed by atoms with Crippen LogP contribution in [-0.4, -0.2) is 26.8 Å². The Morgan fingerprint density at radius 1 is 1.45 bits per heavy atom. The Morgan fingerprint density at radius 2 is 2.14 bits per heavy atom. The zero-order valence-electron chi connectivity index (χ0n) is 13.6. The van der Waals surface area contributed by atoms with E-state index in [4.69, 9.17) is 16.0 Å². The van der Waals surface area contributed by atoms with Gasteiger partial charge in [0, 0.05) is 18.0 Å². The van der Waals surface area contributed by atoms with Gasteiger partial charge >= 0.3 is 0 Å². The van der Waals surface area contributed by atoms with Crippen LogP contribution in [0.5, 0.6) is 0 Å². The molecule has 0 bridgehead atoms. The Kier molecular flexibility index (Phi) is 4.60. The van der Waals surface area contributed by atoms with Crippen LogP contribution in [0.2, 0.25) is 0 Å². The Morgan fingerprint density at radius 3 is 2.59 bits per heavy atom. The topological polar surface area (TPSA) is 64.2 Å². The number of carbonyl (C=O) groups is 1. The number of amides is 1. The highest BCUT2D eigenvalue weighted by atomic mass is 35.5. The highest BCUT2D eigenvalue weighted by molar-refractivity contribution is 6.29. The molecule has 0 aliphatic rings. The lowest BCUT2D eigenvalue weighted by molar-refractivity contribution is -0.116. The summed E-state index contributed by atoms with van der Waals surface area (Å²) in [5, 5.41) is 7.86. The number of aryl methyl sites for hydroxylation is 2. The molecule has 2 heterocycles. The number of hydrogen-bond donors (Lipinski definition) is 0. The molecule has 0 aliphatic heterocycles.